The first-order chi connectivity index (χ1) is 15.7. The van der Waals surface area contributed by atoms with Crippen LogP contribution < -0.4 is 11.2 Å². The number of hydrazone groups is 2. The lowest BCUT2D eigenvalue weighted by Gasteiger charge is -2.61. The van der Waals surface area contributed by atoms with Crippen LogP contribution in [0.15, 0.2) is 59.3 Å². The van der Waals surface area contributed by atoms with Gasteiger partial charge in [-0.15, -0.1) is 0 Å². The number of aromatic nitrogens is 2. The third-order valence-electron chi connectivity index (χ3n) is 7.13. The van der Waals surface area contributed by atoms with Gasteiger partial charge in [0.1, 0.15) is 0 Å². The molecular formula is C24H30N6O2. The molecule has 0 aliphatic heterocycles. The smallest absolute Gasteiger partial charge is 0.0821 e. The Bertz CT molecular complexity index is 849. The molecule has 0 amide bonds. The van der Waals surface area contributed by atoms with E-state index in [1.807, 2.05) is 24.3 Å². The Labute approximate surface area is 188 Å². The zero-order chi connectivity index (χ0) is 21.7. The van der Waals surface area contributed by atoms with Crippen LogP contribution >= 0.6 is 0 Å². The molecule has 0 radical (unpaired) electrons. The van der Waals surface area contributed by atoms with Crippen molar-refractivity contribution in [3.05, 3.63) is 60.2 Å². The average Bonchev–Trinajstić information content (AvgIpc) is 2.79. The number of hydrogen-bond donors (Lipinski definition) is 2. The number of nitrogens with one attached hydrogen (secondary N) is 2. The van der Waals surface area contributed by atoms with Gasteiger partial charge in [0.05, 0.1) is 25.6 Å². The molecule has 0 spiro atoms. The summed E-state index contributed by atoms with van der Waals surface area (Å²) < 4.78 is 0. The molecule has 2 heterocycles. The van der Waals surface area contributed by atoms with Gasteiger partial charge in [-0.05, 0) is 96.6 Å². The van der Waals surface area contributed by atoms with Crippen LogP contribution in [0.2, 0.25) is 0 Å². The zero-order valence-electron chi connectivity index (χ0n) is 18.2. The molecule has 8 heteroatoms. The van der Waals surface area contributed by atoms with E-state index in [-0.39, 0.29) is 10.8 Å². The van der Waals surface area contributed by atoms with Gasteiger partial charge in [-0.25, -0.2) is 0 Å². The Hall–Kier alpha value is -2.84. The first-order valence-corrected chi connectivity index (χ1v) is 11.3. The number of hydrogen-bond acceptors (Lipinski definition) is 8. The summed E-state index contributed by atoms with van der Waals surface area (Å²) in [5, 5.41) is 8.38. The molecule has 4 aliphatic carbocycles. The van der Waals surface area contributed by atoms with Crippen molar-refractivity contribution in [2.75, 3.05) is 13.2 Å². The molecule has 8 nitrogen and oxygen atoms in total. The maximum absolute atomic E-state index is 5.83. The van der Waals surface area contributed by atoms with Crippen LogP contribution in [0.1, 0.15) is 49.7 Å². The highest BCUT2D eigenvalue weighted by atomic mass is 16.7. The van der Waals surface area contributed by atoms with Crippen molar-refractivity contribution in [2.24, 2.45) is 32.9 Å². The van der Waals surface area contributed by atoms with E-state index in [4.69, 9.17) is 9.68 Å². The van der Waals surface area contributed by atoms with E-state index in [1.54, 1.807) is 37.2 Å². The highest BCUT2D eigenvalue weighted by molar-refractivity contribution is 5.79. The van der Waals surface area contributed by atoms with Crippen LogP contribution in [0, 0.1) is 22.7 Å². The Kier molecular flexibility index (Phi) is 6.14. The first kappa shape index (κ1) is 21.0. The second kappa shape index (κ2) is 9.34. The molecule has 4 saturated carbocycles. The van der Waals surface area contributed by atoms with E-state index in [0.717, 1.165) is 29.4 Å². The van der Waals surface area contributed by atoms with E-state index >= 15 is 0 Å². The Morgan fingerprint density at radius 1 is 0.781 bits per heavy atom. The van der Waals surface area contributed by atoms with Crippen molar-refractivity contribution in [2.45, 2.75) is 38.5 Å². The molecule has 4 bridgehead atoms. The number of nitrogens with zero attached hydrogens (tertiary/aromatic N) is 4. The normalized spacial score (nSPS) is 30.9. The second-order valence-corrected chi connectivity index (χ2v) is 9.80. The van der Waals surface area contributed by atoms with Gasteiger partial charge in [0.2, 0.25) is 0 Å². The molecule has 2 aromatic rings. The summed E-state index contributed by atoms with van der Waals surface area (Å²) in [6.45, 7) is 1.37. The van der Waals surface area contributed by atoms with Gasteiger partial charge in [-0.2, -0.15) is 21.4 Å². The third kappa shape index (κ3) is 4.97. The summed E-state index contributed by atoms with van der Waals surface area (Å²) in [5.74, 6) is 1.54. The SMILES string of the molecule is C(=N\NOCC12CC3CC(C1)CC(CON/N=C/c1ccncc1)(C3)C2)/c1ccncc1. The number of rotatable bonds is 10. The fourth-order valence-corrected chi connectivity index (χ4v) is 6.53. The Morgan fingerprint density at radius 3 is 1.66 bits per heavy atom. The van der Waals surface area contributed by atoms with Gasteiger partial charge < -0.3 is 0 Å². The first-order valence-electron chi connectivity index (χ1n) is 11.3. The minimum absolute atomic E-state index is 0.215. The van der Waals surface area contributed by atoms with Crippen LogP contribution in [-0.4, -0.2) is 35.6 Å². The van der Waals surface area contributed by atoms with Crippen molar-refractivity contribution in [3.8, 4) is 0 Å². The lowest BCUT2D eigenvalue weighted by molar-refractivity contribution is -0.178. The summed E-state index contributed by atoms with van der Waals surface area (Å²) in [6.07, 6.45) is 18.0. The van der Waals surface area contributed by atoms with Crippen molar-refractivity contribution in [1.82, 2.24) is 21.1 Å². The van der Waals surface area contributed by atoms with Gasteiger partial charge in [-0.3, -0.25) is 19.6 Å². The number of pyridine rings is 2. The van der Waals surface area contributed by atoms with E-state index in [2.05, 4.69) is 31.3 Å². The van der Waals surface area contributed by atoms with Crippen LogP contribution in [0.5, 0.6) is 0 Å². The topological polar surface area (TPSA) is 93.0 Å². The van der Waals surface area contributed by atoms with Crippen molar-refractivity contribution in [1.29, 1.82) is 0 Å². The van der Waals surface area contributed by atoms with Gasteiger partial charge >= 0.3 is 0 Å². The minimum atomic E-state index is 0.215. The predicted molar refractivity (Wildman–Crippen MR) is 121 cm³/mol. The Morgan fingerprint density at radius 2 is 1.22 bits per heavy atom. The van der Waals surface area contributed by atoms with Crippen molar-refractivity contribution in [3.63, 3.8) is 0 Å². The summed E-state index contributed by atoms with van der Waals surface area (Å²) in [7, 11) is 0. The molecule has 2 N–H and O–H groups in total. The molecule has 32 heavy (non-hydrogen) atoms. The zero-order valence-corrected chi connectivity index (χ0v) is 18.2. The molecule has 0 aromatic carbocycles. The monoisotopic (exact) mass is 434 g/mol. The lowest BCUT2D eigenvalue weighted by Crippen LogP contribution is -2.55. The molecule has 168 valence electrons. The summed E-state index contributed by atoms with van der Waals surface area (Å²) in [5.41, 5.74) is 7.96. The molecule has 0 unspecified atom stereocenters. The van der Waals surface area contributed by atoms with Gasteiger partial charge in [0.25, 0.3) is 0 Å². The Balaban J connectivity index is 1.12. The second-order valence-electron chi connectivity index (χ2n) is 9.80. The van der Waals surface area contributed by atoms with Crippen LogP contribution in [0.3, 0.4) is 0 Å². The van der Waals surface area contributed by atoms with Crippen LogP contribution in [0.4, 0.5) is 0 Å². The van der Waals surface area contributed by atoms with E-state index in [1.165, 1.54) is 32.1 Å². The van der Waals surface area contributed by atoms with Crippen molar-refractivity contribution >= 4 is 12.4 Å². The van der Waals surface area contributed by atoms with E-state index < -0.39 is 0 Å². The summed E-state index contributed by atoms with van der Waals surface area (Å²) >= 11 is 0. The molecule has 2 aromatic heterocycles. The molecule has 0 saturated heterocycles. The third-order valence-corrected chi connectivity index (χ3v) is 7.13. The van der Waals surface area contributed by atoms with Gasteiger partial charge in [-0.1, -0.05) is 0 Å². The van der Waals surface area contributed by atoms with E-state index in [9.17, 15) is 0 Å². The molecule has 4 aliphatic rings. The molecule has 0 atom stereocenters. The predicted octanol–water partition coefficient (Wildman–Crippen LogP) is 3.47. The van der Waals surface area contributed by atoms with Crippen LogP contribution in [-0.2, 0) is 9.68 Å². The highest BCUT2D eigenvalue weighted by Gasteiger charge is 2.58. The fraction of sp³-hybridized carbons (Fsp3) is 0.500. The fourth-order valence-electron chi connectivity index (χ4n) is 6.53. The maximum atomic E-state index is 5.83. The quantitative estimate of drug-likeness (QED) is 0.338. The lowest BCUT2D eigenvalue weighted by atomic mass is 9.44. The summed E-state index contributed by atoms with van der Waals surface area (Å²) in [4.78, 5) is 19.7. The largest absolute Gasteiger partial charge is 0.265 e. The standard InChI is InChI=1S/C24H30N6O2/c1-5-25-6-2-19(1)14-27-29-31-17-23-10-21-9-22(11-23)13-24(12-21,16-23)18-32-30-28-15-20-3-7-26-8-4-20/h1-8,14-15,21-22,29-30H,9-13,16-18H2/b27-14+,28-15+. The summed E-state index contributed by atoms with van der Waals surface area (Å²) in [6, 6.07) is 7.62. The molecule has 6 rings (SSSR count). The average molecular weight is 435 g/mol. The molecular weight excluding hydrogens is 404 g/mol. The van der Waals surface area contributed by atoms with Crippen LogP contribution in [0.25, 0.3) is 0 Å². The maximum Gasteiger partial charge on any atom is 0.0821 e. The van der Waals surface area contributed by atoms with Gasteiger partial charge in [0.15, 0.2) is 0 Å². The van der Waals surface area contributed by atoms with E-state index in [0.29, 0.717) is 13.2 Å². The van der Waals surface area contributed by atoms with Gasteiger partial charge in [0, 0.05) is 24.8 Å². The van der Waals surface area contributed by atoms with Crippen molar-refractivity contribution < 1.29 is 9.68 Å². The minimum Gasteiger partial charge on any atom is -0.265 e. The molecule has 4 fully saturated rings. The highest BCUT2D eigenvalue weighted by Crippen LogP contribution is 2.65.